The molecule has 1 aliphatic heterocycles. The molecular weight excluding hydrogens is 368 g/mol. The van der Waals surface area contributed by atoms with Crippen molar-refractivity contribution in [3.8, 4) is 11.5 Å². The van der Waals surface area contributed by atoms with Crippen LogP contribution in [0.2, 0.25) is 0 Å². The van der Waals surface area contributed by atoms with Crippen molar-refractivity contribution in [2.75, 3.05) is 33.9 Å². The minimum atomic E-state index is -3.70. The van der Waals surface area contributed by atoms with E-state index in [0.717, 1.165) is 31.7 Å². The summed E-state index contributed by atoms with van der Waals surface area (Å²) in [5.41, 5.74) is 0. The maximum Gasteiger partial charge on any atom is 0.240 e. The van der Waals surface area contributed by atoms with Crippen molar-refractivity contribution in [3.63, 3.8) is 0 Å². The zero-order chi connectivity index (χ0) is 19.3. The molecule has 1 saturated heterocycles. The van der Waals surface area contributed by atoms with E-state index in [4.69, 9.17) is 13.9 Å². The van der Waals surface area contributed by atoms with Gasteiger partial charge in [0.25, 0.3) is 0 Å². The lowest BCUT2D eigenvalue weighted by atomic mass is 10.1. The van der Waals surface area contributed by atoms with Crippen LogP contribution in [-0.2, 0) is 10.0 Å². The number of ether oxygens (including phenoxy) is 2. The average molecular weight is 394 g/mol. The van der Waals surface area contributed by atoms with Gasteiger partial charge in [0.1, 0.15) is 5.76 Å². The molecule has 3 rings (SSSR count). The van der Waals surface area contributed by atoms with Gasteiger partial charge >= 0.3 is 0 Å². The predicted octanol–water partition coefficient (Wildman–Crippen LogP) is 2.80. The molecule has 1 fully saturated rings. The van der Waals surface area contributed by atoms with Gasteiger partial charge < -0.3 is 13.9 Å². The van der Waals surface area contributed by atoms with Crippen LogP contribution in [-0.4, -0.2) is 47.2 Å². The summed E-state index contributed by atoms with van der Waals surface area (Å²) in [5, 5.41) is 0. The Labute approximate surface area is 160 Å². The summed E-state index contributed by atoms with van der Waals surface area (Å²) in [7, 11) is -0.709. The molecule has 0 bridgehead atoms. The lowest BCUT2D eigenvalue weighted by Crippen LogP contribution is -2.40. The molecular formula is C19H26N2O5S. The molecule has 1 N–H and O–H groups in total. The van der Waals surface area contributed by atoms with Crippen LogP contribution in [0.4, 0.5) is 0 Å². The second kappa shape index (κ2) is 8.77. The Hall–Kier alpha value is -2.03. The van der Waals surface area contributed by atoms with Crippen LogP contribution in [0.25, 0.3) is 0 Å². The molecule has 7 nitrogen and oxygen atoms in total. The average Bonchev–Trinajstić information content (AvgIpc) is 3.22. The molecule has 8 heteroatoms. The first-order valence-electron chi connectivity index (χ1n) is 9.04. The first kappa shape index (κ1) is 19.7. The van der Waals surface area contributed by atoms with E-state index in [9.17, 15) is 8.42 Å². The second-order valence-corrected chi connectivity index (χ2v) is 8.26. The number of sulfonamides is 1. The molecule has 1 aromatic carbocycles. The number of furan rings is 1. The molecule has 0 saturated carbocycles. The lowest BCUT2D eigenvalue weighted by Gasteiger charge is -2.33. The smallest absolute Gasteiger partial charge is 0.240 e. The van der Waals surface area contributed by atoms with E-state index in [1.54, 1.807) is 12.3 Å². The number of nitrogens with one attached hydrogen (secondary N) is 1. The minimum absolute atomic E-state index is 0.129. The molecule has 27 heavy (non-hydrogen) atoms. The van der Waals surface area contributed by atoms with Crippen LogP contribution in [0.15, 0.2) is 45.9 Å². The Kier molecular flexibility index (Phi) is 6.41. The van der Waals surface area contributed by atoms with Gasteiger partial charge in [0, 0.05) is 12.6 Å². The van der Waals surface area contributed by atoms with E-state index < -0.39 is 10.0 Å². The van der Waals surface area contributed by atoms with Crippen molar-refractivity contribution in [1.82, 2.24) is 9.62 Å². The standard InChI is InChI=1S/C19H26N2O5S/c1-24-18-9-8-15(13-19(18)25-2)27(22,23)20-14-16(17-7-6-12-26-17)21-10-4-3-5-11-21/h6-9,12-13,16,20H,3-5,10-11,14H2,1-2H3/t16-/m1/s1. The number of benzene rings is 1. The van der Waals surface area contributed by atoms with Crippen LogP contribution in [0.3, 0.4) is 0 Å². The summed E-state index contributed by atoms with van der Waals surface area (Å²) in [4.78, 5) is 2.41. The van der Waals surface area contributed by atoms with Crippen molar-refractivity contribution < 1.29 is 22.3 Å². The number of rotatable bonds is 8. The van der Waals surface area contributed by atoms with E-state index in [1.807, 2.05) is 12.1 Å². The molecule has 0 unspecified atom stereocenters. The third-order valence-electron chi connectivity index (χ3n) is 4.84. The number of nitrogens with zero attached hydrogens (tertiary/aromatic N) is 1. The van der Waals surface area contributed by atoms with Gasteiger partial charge in [-0.3, -0.25) is 4.90 Å². The Bertz CT molecular complexity index is 830. The summed E-state index contributed by atoms with van der Waals surface area (Å²) in [5.74, 6) is 1.63. The highest BCUT2D eigenvalue weighted by molar-refractivity contribution is 7.89. The lowest BCUT2D eigenvalue weighted by molar-refractivity contribution is 0.147. The number of piperidine rings is 1. The first-order chi connectivity index (χ1) is 13.0. The fraction of sp³-hybridized carbons (Fsp3) is 0.474. The van der Waals surface area contributed by atoms with Crippen molar-refractivity contribution in [3.05, 3.63) is 42.4 Å². The monoisotopic (exact) mass is 394 g/mol. The van der Waals surface area contributed by atoms with Gasteiger partial charge in [-0.2, -0.15) is 0 Å². The Balaban J connectivity index is 1.77. The van der Waals surface area contributed by atoms with Gasteiger partial charge in [0.2, 0.25) is 10.0 Å². The van der Waals surface area contributed by atoms with Crippen LogP contribution >= 0.6 is 0 Å². The summed E-state index contributed by atoms with van der Waals surface area (Å²) >= 11 is 0. The highest BCUT2D eigenvalue weighted by Gasteiger charge is 2.27. The normalized spacial score (nSPS) is 16.8. The molecule has 2 aromatic rings. The maximum atomic E-state index is 12.8. The van der Waals surface area contributed by atoms with Gasteiger partial charge in [-0.1, -0.05) is 6.42 Å². The Morgan fingerprint density at radius 1 is 1.11 bits per heavy atom. The van der Waals surface area contributed by atoms with Crippen molar-refractivity contribution in [1.29, 1.82) is 0 Å². The third kappa shape index (κ3) is 4.63. The Morgan fingerprint density at radius 3 is 2.48 bits per heavy atom. The molecule has 0 radical (unpaired) electrons. The second-order valence-electron chi connectivity index (χ2n) is 6.50. The fourth-order valence-corrected chi connectivity index (χ4v) is 4.43. The van der Waals surface area contributed by atoms with Gasteiger partial charge in [0.15, 0.2) is 11.5 Å². The molecule has 0 spiro atoms. The molecule has 148 valence electrons. The minimum Gasteiger partial charge on any atom is -0.493 e. The topological polar surface area (TPSA) is 81.0 Å². The summed E-state index contributed by atoms with van der Waals surface area (Å²) in [6.07, 6.45) is 5.05. The fourth-order valence-electron chi connectivity index (χ4n) is 3.38. The van der Waals surface area contributed by atoms with Gasteiger partial charge in [-0.15, -0.1) is 0 Å². The maximum absolute atomic E-state index is 12.8. The van der Waals surface area contributed by atoms with Gasteiger partial charge in [-0.25, -0.2) is 13.1 Å². The zero-order valence-electron chi connectivity index (χ0n) is 15.7. The molecule has 1 aromatic heterocycles. The SMILES string of the molecule is COc1ccc(S(=O)(=O)NC[C@H](c2ccco2)N2CCCCC2)cc1OC. The van der Waals surface area contributed by atoms with E-state index in [-0.39, 0.29) is 17.5 Å². The first-order valence-corrected chi connectivity index (χ1v) is 10.5. The van der Waals surface area contributed by atoms with Crippen LogP contribution in [0.1, 0.15) is 31.1 Å². The number of hydrogen-bond acceptors (Lipinski definition) is 6. The predicted molar refractivity (Wildman–Crippen MR) is 102 cm³/mol. The number of hydrogen-bond donors (Lipinski definition) is 1. The van der Waals surface area contributed by atoms with Gasteiger partial charge in [0.05, 0.1) is 31.4 Å². The zero-order valence-corrected chi connectivity index (χ0v) is 16.5. The highest BCUT2D eigenvalue weighted by atomic mass is 32.2. The highest BCUT2D eigenvalue weighted by Crippen LogP contribution is 2.30. The van der Waals surface area contributed by atoms with E-state index >= 15 is 0 Å². The molecule has 0 amide bonds. The molecule has 0 aliphatic carbocycles. The summed E-state index contributed by atoms with van der Waals surface area (Å²) in [6, 6.07) is 8.15. The molecule has 1 aliphatic rings. The molecule has 1 atom stereocenters. The largest absolute Gasteiger partial charge is 0.493 e. The van der Waals surface area contributed by atoms with Crippen molar-refractivity contribution in [2.24, 2.45) is 0 Å². The van der Waals surface area contributed by atoms with E-state index in [2.05, 4.69) is 9.62 Å². The van der Waals surface area contributed by atoms with Crippen LogP contribution in [0.5, 0.6) is 11.5 Å². The van der Waals surface area contributed by atoms with E-state index in [1.165, 1.54) is 32.8 Å². The van der Waals surface area contributed by atoms with Crippen LogP contribution in [0, 0.1) is 0 Å². The summed E-state index contributed by atoms with van der Waals surface area (Å²) < 4.78 is 44.3. The Morgan fingerprint density at radius 2 is 1.85 bits per heavy atom. The van der Waals surface area contributed by atoms with E-state index in [0.29, 0.717) is 11.5 Å². The van der Waals surface area contributed by atoms with Gasteiger partial charge in [-0.05, 0) is 50.2 Å². The number of methoxy groups -OCH3 is 2. The third-order valence-corrected chi connectivity index (χ3v) is 6.26. The summed E-state index contributed by atoms with van der Waals surface area (Å²) in [6.45, 7) is 2.11. The number of likely N-dealkylation sites (tertiary alicyclic amines) is 1. The van der Waals surface area contributed by atoms with Crippen molar-refractivity contribution >= 4 is 10.0 Å². The quantitative estimate of drug-likeness (QED) is 0.742. The molecule has 2 heterocycles. The van der Waals surface area contributed by atoms with Crippen LogP contribution < -0.4 is 14.2 Å². The van der Waals surface area contributed by atoms with Crippen molar-refractivity contribution in [2.45, 2.75) is 30.2 Å².